The minimum atomic E-state index is -0.166. The number of hydrogen-bond acceptors (Lipinski definition) is 5. The van der Waals surface area contributed by atoms with Gasteiger partial charge in [-0.25, -0.2) is 9.97 Å². The number of hydrogen-bond donors (Lipinski definition) is 2. The van der Waals surface area contributed by atoms with Gasteiger partial charge in [0, 0.05) is 61.6 Å². The molecule has 0 aliphatic rings. The molecule has 208 valence electrons. The van der Waals surface area contributed by atoms with Gasteiger partial charge >= 0.3 is 0 Å². The molecule has 0 atom stereocenters. The second kappa shape index (κ2) is 11.3. The molecule has 2 aromatic heterocycles. The third-order valence-electron chi connectivity index (χ3n) is 6.98. The van der Waals surface area contributed by atoms with E-state index in [2.05, 4.69) is 36.4 Å². The Morgan fingerprint density at radius 1 is 0.951 bits per heavy atom. The van der Waals surface area contributed by atoms with E-state index in [1.807, 2.05) is 89.6 Å². The number of carbonyl (C=O) groups excluding carboxylic acids is 2. The Labute approximate surface area is 240 Å². The first-order valence-electron chi connectivity index (χ1n) is 13.5. The van der Waals surface area contributed by atoms with Crippen LogP contribution in [0.2, 0.25) is 0 Å². The van der Waals surface area contributed by atoms with E-state index in [0.29, 0.717) is 29.3 Å². The van der Waals surface area contributed by atoms with Crippen LogP contribution in [0.5, 0.6) is 0 Å². The number of amides is 2. The lowest BCUT2D eigenvalue weighted by molar-refractivity contribution is -0.128. The van der Waals surface area contributed by atoms with Crippen LogP contribution in [0.3, 0.4) is 0 Å². The molecule has 2 N–H and O–H groups in total. The van der Waals surface area contributed by atoms with Gasteiger partial charge in [0.15, 0.2) is 11.5 Å². The highest BCUT2D eigenvalue weighted by Crippen LogP contribution is 2.27. The summed E-state index contributed by atoms with van der Waals surface area (Å²) in [4.78, 5) is 35.6. The number of imidazole rings is 1. The molecule has 2 heterocycles. The molecular formula is C33H34N6O2. The molecule has 0 unspecified atom stereocenters. The largest absolute Gasteiger partial charge is 0.342 e. The fourth-order valence-corrected chi connectivity index (χ4v) is 4.45. The van der Waals surface area contributed by atoms with Crippen LogP contribution in [0.1, 0.15) is 49.2 Å². The van der Waals surface area contributed by atoms with E-state index >= 15 is 0 Å². The zero-order valence-electron chi connectivity index (χ0n) is 24.0. The van der Waals surface area contributed by atoms with E-state index in [0.717, 1.165) is 22.5 Å². The van der Waals surface area contributed by atoms with Gasteiger partial charge in [0.1, 0.15) is 0 Å². The van der Waals surface area contributed by atoms with Crippen molar-refractivity contribution in [1.29, 1.82) is 0 Å². The van der Waals surface area contributed by atoms with Crippen LogP contribution in [0, 0.1) is 0 Å². The van der Waals surface area contributed by atoms with Crippen molar-refractivity contribution in [3.63, 3.8) is 0 Å². The zero-order chi connectivity index (χ0) is 29.1. The molecule has 0 radical (unpaired) electrons. The monoisotopic (exact) mass is 546 g/mol. The number of carbonyl (C=O) groups is 2. The number of aromatic nitrogens is 3. The van der Waals surface area contributed by atoms with Gasteiger partial charge in [-0.1, -0.05) is 57.2 Å². The highest BCUT2D eigenvalue weighted by Gasteiger charge is 2.15. The first kappa shape index (κ1) is 27.6. The lowest BCUT2D eigenvalue weighted by atomic mass is 9.87. The predicted molar refractivity (Wildman–Crippen MR) is 163 cm³/mol. The molecule has 5 rings (SSSR count). The zero-order valence-corrected chi connectivity index (χ0v) is 24.0. The molecule has 2 amide bonds. The molecule has 8 heteroatoms. The molecule has 8 nitrogen and oxygen atoms in total. The van der Waals surface area contributed by atoms with Crippen molar-refractivity contribution in [3.05, 3.63) is 108 Å². The number of benzene rings is 3. The molecular weight excluding hydrogens is 512 g/mol. The van der Waals surface area contributed by atoms with Crippen LogP contribution in [0.25, 0.3) is 16.9 Å². The van der Waals surface area contributed by atoms with Crippen molar-refractivity contribution < 1.29 is 9.59 Å². The lowest BCUT2D eigenvalue weighted by Crippen LogP contribution is -2.22. The lowest BCUT2D eigenvalue weighted by Gasteiger charge is -2.19. The van der Waals surface area contributed by atoms with E-state index in [1.165, 1.54) is 5.56 Å². The van der Waals surface area contributed by atoms with Crippen LogP contribution in [0.15, 0.2) is 91.4 Å². The Kier molecular flexibility index (Phi) is 7.57. The first-order valence-corrected chi connectivity index (χ1v) is 13.5. The summed E-state index contributed by atoms with van der Waals surface area (Å²) in [5.74, 6) is 0.462. The van der Waals surface area contributed by atoms with E-state index in [1.54, 1.807) is 25.1 Å². The summed E-state index contributed by atoms with van der Waals surface area (Å²) < 4.78 is 1.92. The third kappa shape index (κ3) is 6.44. The maximum absolute atomic E-state index is 13.0. The second-order valence-corrected chi connectivity index (χ2v) is 11.2. The summed E-state index contributed by atoms with van der Waals surface area (Å²) >= 11 is 0. The Balaban J connectivity index is 1.36. The molecule has 0 saturated carbocycles. The van der Waals surface area contributed by atoms with Crippen molar-refractivity contribution in [2.24, 2.45) is 0 Å². The van der Waals surface area contributed by atoms with Crippen LogP contribution in [0.4, 0.5) is 17.2 Å². The number of rotatable bonds is 7. The highest BCUT2D eigenvalue weighted by molar-refractivity contribution is 6.04. The summed E-state index contributed by atoms with van der Waals surface area (Å²) in [5.41, 5.74) is 6.65. The standard InChI is InChI=1S/C33H34N6O2/c1-22(40)38(5)20-23-9-15-27(16-10-23)35-30-31-34-17-18-39(31)21-29(37-30)25-7-6-8-28(19-25)36-32(41)24-11-13-26(14-12-24)33(2,3)4/h6-19,21H,20H2,1-5H3,(H,35,37)(H,36,41). The van der Waals surface area contributed by atoms with E-state index in [-0.39, 0.29) is 17.2 Å². The van der Waals surface area contributed by atoms with Crippen molar-refractivity contribution in [2.45, 2.75) is 39.7 Å². The highest BCUT2D eigenvalue weighted by atomic mass is 16.2. The average molecular weight is 547 g/mol. The normalized spacial score (nSPS) is 11.3. The Morgan fingerprint density at radius 3 is 2.37 bits per heavy atom. The van der Waals surface area contributed by atoms with Gasteiger partial charge in [-0.15, -0.1) is 0 Å². The Bertz CT molecular complexity index is 1700. The number of nitrogens with zero attached hydrogens (tertiary/aromatic N) is 4. The summed E-state index contributed by atoms with van der Waals surface area (Å²) in [7, 11) is 1.78. The second-order valence-electron chi connectivity index (χ2n) is 11.2. The van der Waals surface area contributed by atoms with Crippen molar-refractivity contribution >= 4 is 34.7 Å². The van der Waals surface area contributed by atoms with Crippen LogP contribution in [-0.4, -0.2) is 38.1 Å². The maximum atomic E-state index is 13.0. The number of anilines is 3. The quantitative estimate of drug-likeness (QED) is 0.238. The Morgan fingerprint density at radius 2 is 1.68 bits per heavy atom. The summed E-state index contributed by atoms with van der Waals surface area (Å²) in [6, 6.07) is 23.3. The van der Waals surface area contributed by atoms with E-state index in [9.17, 15) is 9.59 Å². The van der Waals surface area contributed by atoms with Gasteiger partial charge in [0.2, 0.25) is 5.91 Å². The van der Waals surface area contributed by atoms with E-state index < -0.39 is 0 Å². The Hall–Kier alpha value is -4.98. The molecule has 41 heavy (non-hydrogen) atoms. The van der Waals surface area contributed by atoms with Gasteiger partial charge in [0.05, 0.1) is 5.69 Å². The van der Waals surface area contributed by atoms with Gasteiger partial charge in [-0.3, -0.25) is 9.59 Å². The minimum Gasteiger partial charge on any atom is -0.342 e. The smallest absolute Gasteiger partial charge is 0.255 e. The van der Waals surface area contributed by atoms with Gasteiger partial charge in [0.25, 0.3) is 5.91 Å². The van der Waals surface area contributed by atoms with Gasteiger partial charge in [-0.2, -0.15) is 0 Å². The first-order chi connectivity index (χ1) is 19.6. The van der Waals surface area contributed by atoms with Crippen molar-refractivity contribution in [3.8, 4) is 11.3 Å². The summed E-state index contributed by atoms with van der Waals surface area (Å²) in [5, 5.41) is 6.40. The van der Waals surface area contributed by atoms with E-state index in [4.69, 9.17) is 4.98 Å². The fraction of sp³-hybridized carbons (Fsp3) is 0.212. The molecule has 0 spiro atoms. The van der Waals surface area contributed by atoms with Gasteiger partial charge in [-0.05, 0) is 52.9 Å². The number of fused-ring (bicyclic) bond motifs is 1. The fourth-order valence-electron chi connectivity index (χ4n) is 4.45. The summed E-state index contributed by atoms with van der Waals surface area (Å²) in [6.07, 6.45) is 5.52. The minimum absolute atomic E-state index is 0.0216. The van der Waals surface area contributed by atoms with Gasteiger partial charge < -0.3 is 19.9 Å². The van der Waals surface area contributed by atoms with Crippen LogP contribution >= 0.6 is 0 Å². The molecule has 0 bridgehead atoms. The molecule has 0 aliphatic carbocycles. The predicted octanol–water partition coefficient (Wildman–Crippen LogP) is 6.67. The topological polar surface area (TPSA) is 91.6 Å². The molecule has 3 aromatic carbocycles. The molecule has 0 aliphatic heterocycles. The van der Waals surface area contributed by atoms with Crippen LogP contribution < -0.4 is 10.6 Å². The van der Waals surface area contributed by atoms with Crippen LogP contribution in [-0.2, 0) is 16.8 Å². The van der Waals surface area contributed by atoms with Crippen molar-refractivity contribution in [1.82, 2.24) is 19.3 Å². The maximum Gasteiger partial charge on any atom is 0.255 e. The molecule has 5 aromatic rings. The molecule has 0 saturated heterocycles. The molecule has 0 fully saturated rings. The number of nitrogens with one attached hydrogen (secondary N) is 2. The van der Waals surface area contributed by atoms with Crippen molar-refractivity contribution in [2.75, 3.05) is 17.7 Å². The average Bonchev–Trinajstić information content (AvgIpc) is 3.43. The SMILES string of the molecule is CC(=O)N(C)Cc1ccc(Nc2nc(-c3cccc(NC(=O)c4ccc(C(C)(C)C)cc4)c3)cn3ccnc23)cc1. The summed E-state index contributed by atoms with van der Waals surface area (Å²) in [6.45, 7) is 8.55. The third-order valence-corrected chi connectivity index (χ3v) is 6.98.